The predicted molar refractivity (Wildman–Crippen MR) is 66.7 cm³/mol. The maximum Gasteiger partial charge on any atom is 0.220 e. The van der Waals surface area contributed by atoms with E-state index >= 15 is 0 Å². The second-order valence-corrected chi connectivity index (χ2v) is 2.99. The quantitative estimate of drug-likeness (QED) is 0.851. The minimum Gasteiger partial charge on any atom is -0.496 e. The average Bonchev–Trinajstić information content (AvgIpc) is 2.38. The molecule has 0 radical (unpaired) electrons. The van der Waals surface area contributed by atoms with Crippen molar-refractivity contribution in [3.05, 3.63) is 29.8 Å². The summed E-state index contributed by atoms with van der Waals surface area (Å²) in [4.78, 5) is 11.0. The molecule has 0 heterocycles. The molecule has 0 saturated carbocycles. The Morgan fingerprint density at radius 1 is 1.31 bits per heavy atom. The van der Waals surface area contributed by atoms with Crippen molar-refractivity contribution in [3.63, 3.8) is 0 Å². The molecule has 0 atom stereocenters. The standard InChI is InChI=1S/C11H15NO2.C2H6/c1-12-11(13)8-7-9-5-3-4-6-10(9)14-2;1-2/h3-6H,7-8H2,1-2H3,(H,12,13);1-2H3. The lowest BCUT2D eigenvalue weighted by atomic mass is 10.1. The van der Waals surface area contributed by atoms with E-state index in [1.165, 1.54) is 0 Å². The van der Waals surface area contributed by atoms with Crippen LogP contribution in [0.3, 0.4) is 0 Å². The molecule has 0 aliphatic rings. The Morgan fingerprint density at radius 2 is 1.94 bits per heavy atom. The number of amides is 1. The van der Waals surface area contributed by atoms with Crippen molar-refractivity contribution in [2.24, 2.45) is 0 Å². The molecule has 0 spiro atoms. The van der Waals surface area contributed by atoms with Gasteiger partial charge in [0.2, 0.25) is 5.91 Å². The van der Waals surface area contributed by atoms with Crippen molar-refractivity contribution in [3.8, 4) is 5.75 Å². The van der Waals surface area contributed by atoms with Crippen molar-refractivity contribution in [2.45, 2.75) is 26.7 Å². The van der Waals surface area contributed by atoms with Gasteiger partial charge >= 0.3 is 0 Å². The summed E-state index contributed by atoms with van der Waals surface area (Å²) in [6.07, 6.45) is 1.21. The van der Waals surface area contributed by atoms with Gasteiger partial charge in [-0.1, -0.05) is 32.0 Å². The van der Waals surface area contributed by atoms with E-state index in [1.807, 2.05) is 38.1 Å². The zero-order valence-electron chi connectivity index (χ0n) is 10.5. The molecule has 1 N–H and O–H groups in total. The number of carbonyl (C=O) groups excluding carboxylic acids is 1. The third-order valence-electron chi connectivity index (χ3n) is 2.09. The Kier molecular flexibility index (Phi) is 7.94. The van der Waals surface area contributed by atoms with Gasteiger partial charge < -0.3 is 10.1 Å². The molecule has 0 aromatic heterocycles. The monoisotopic (exact) mass is 223 g/mol. The van der Waals surface area contributed by atoms with Gasteiger partial charge in [-0.2, -0.15) is 0 Å². The molecule has 3 heteroatoms. The van der Waals surface area contributed by atoms with Gasteiger partial charge in [-0.25, -0.2) is 0 Å². The Bertz CT molecular complexity index is 311. The third-order valence-corrected chi connectivity index (χ3v) is 2.09. The first-order valence-corrected chi connectivity index (χ1v) is 5.60. The maximum atomic E-state index is 11.0. The number of methoxy groups -OCH3 is 1. The van der Waals surface area contributed by atoms with Crippen LogP contribution in [0.1, 0.15) is 25.8 Å². The van der Waals surface area contributed by atoms with Crippen molar-refractivity contribution in [1.29, 1.82) is 0 Å². The topological polar surface area (TPSA) is 38.3 Å². The average molecular weight is 223 g/mol. The van der Waals surface area contributed by atoms with Crippen LogP contribution in [0.2, 0.25) is 0 Å². The highest BCUT2D eigenvalue weighted by atomic mass is 16.5. The molecule has 0 bridgehead atoms. The van der Waals surface area contributed by atoms with Crippen LogP contribution >= 0.6 is 0 Å². The zero-order valence-corrected chi connectivity index (χ0v) is 10.5. The zero-order chi connectivity index (χ0) is 12.4. The number of hydrogen-bond acceptors (Lipinski definition) is 2. The fourth-order valence-electron chi connectivity index (χ4n) is 1.28. The molecular weight excluding hydrogens is 202 g/mol. The maximum absolute atomic E-state index is 11.0. The van der Waals surface area contributed by atoms with Crippen LogP contribution in [-0.2, 0) is 11.2 Å². The van der Waals surface area contributed by atoms with Crippen LogP contribution in [0.4, 0.5) is 0 Å². The number of benzene rings is 1. The third kappa shape index (κ3) is 4.82. The van der Waals surface area contributed by atoms with Crippen LogP contribution in [0, 0.1) is 0 Å². The van der Waals surface area contributed by atoms with E-state index in [-0.39, 0.29) is 5.91 Å². The van der Waals surface area contributed by atoms with Crippen molar-refractivity contribution in [1.82, 2.24) is 5.32 Å². The Balaban J connectivity index is 0.00000106. The van der Waals surface area contributed by atoms with Crippen molar-refractivity contribution < 1.29 is 9.53 Å². The Labute approximate surface area is 97.8 Å². The number of hydrogen-bond donors (Lipinski definition) is 1. The lowest BCUT2D eigenvalue weighted by Crippen LogP contribution is -2.18. The Morgan fingerprint density at radius 3 is 2.50 bits per heavy atom. The Hall–Kier alpha value is -1.51. The number of rotatable bonds is 4. The highest BCUT2D eigenvalue weighted by Crippen LogP contribution is 2.18. The summed E-state index contributed by atoms with van der Waals surface area (Å²) in [7, 11) is 3.28. The molecule has 1 amide bonds. The summed E-state index contributed by atoms with van der Waals surface area (Å²) in [5.74, 6) is 0.896. The van der Waals surface area contributed by atoms with Crippen LogP contribution in [0.5, 0.6) is 5.75 Å². The van der Waals surface area contributed by atoms with Gasteiger partial charge in [0, 0.05) is 13.5 Å². The number of nitrogens with one attached hydrogen (secondary N) is 1. The summed E-state index contributed by atoms with van der Waals surface area (Å²) in [6.45, 7) is 4.00. The summed E-state index contributed by atoms with van der Waals surface area (Å²) in [5, 5.41) is 2.59. The molecule has 16 heavy (non-hydrogen) atoms. The van der Waals surface area contributed by atoms with Gasteiger partial charge in [0.15, 0.2) is 0 Å². The van der Waals surface area contributed by atoms with Gasteiger partial charge in [-0.05, 0) is 18.1 Å². The molecule has 0 saturated heterocycles. The minimum absolute atomic E-state index is 0.0518. The van der Waals surface area contributed by atoms with E-state index < -0.39 is 0 Å². The lowest BCUT2D eigenvalue weighted by molar-refractivity contribution is -0.120. The molecule has 1 aromatic rings. The van der Waals surface area contributed by atoms with Crippen LogP contribution in [0.15, 0.2) is 24.3 Å². The second-order valence-electron chi connectivity index (χ2n) is 2.99. The van der Waals surface area contributed by atoms with Crippen molar-refractivity contribution >= 4 is 5.91 Å². The van der Waals surface area contributed by atoms with E-state index in [4.69, 9.17) is 4.74 Å². The molecular formula is C13H21NO2. The van der Waals surface area contributed by atoms with E-state index in [1.54, 1.807) is 14.2 Å². The lowest BCUT2D eigenvalue weighted by Gasteiger charge is -2.06. The smallest absolute Gasteiger partial charge is 0.220 e. The largest absolute Gasteiger partial charge is 0.496 e. The summed E-state index contributed by atoms with van der Waals surface area (Å²) < 4.78 is 5.18. The van der Waals surface area contributed by atoms with Crippen molar-refractivity contribution in [2.75, 3.05) is 14.2 Å². The van der Waals surface area contributed by atoms with Gasteiger partial charge in [-0.15, -0.1) is 0 Å². The van der Waals surface area contributed by atoms with Gasteiger partial charge in [0.25, 0.3) is 0 Å². The van der Waals surface area contributed by atoms with Crippen LogP contribution < -0.4 is 10.1 Å². The van der Waals surface area contributed by atoms with Gasteiger partial charge in [0.05, 0.1) is 7.11 Å². The molecule has 0 aliphatic carbocycles. The number of carbonyl (C=O) groups is 1. The summed E-state index contributed by atoms with van der Waals surface area (Å²) in [6, 6.07) is 7.74. The molecule has 0 aliphatic heterocycles. The highest BCUT2D eigenvalue weighted by molar-refractivity contribution is 5.75. The van der Waals surface area contributed by atoms with E-state index in [2.05, 4.69) is 5.32 Å². The van der Waals surface area contributed by atoms with Crippen LogP contribution in [0.25, 0.3) is 0 Å². The molecule has 3 nitrogen and oxygen atoms in total. The summed E-state index contributed by atoms with van der Waals surface area (Å²) in [5.41, 5.74) is 1.07. The molecule has 0 fully saturated rings. The second kappa shape index (κ2) is 8.77. The number of ether oxygens (including phenoxy) is 1. The van der Waals surface area contributed by atoms with E-state index in [9.17, 15) is 4.79 Å². The number of para-hydroxylation sites is 1. The normalized spacial score (nSPS) is 8.75. The fraction of sp³-hybridized carbons (Fsp3) is 0.462. The molecule has 1 rings (SSSR count). The molecule has 1 aromatic carbocycles. The van der Waals surface area contributed by atoms with E-state index in [0.29, 0.717) is 12.8 Å². The van der Waals surface area contributed by atoms with Crippen LogP contribution in [-0.4, -0.2) is 20.1 Å². The number of aryl methyl sites for hydroxylation is 1. The predicted octanol–water partition coefficient (Wildman–Crippen LogP) is 2.40. The first-order valence-electron chi connectivity index (χ1n) is 5.60. The SMILES string of the molecule is CC.CNC(=O)CCc1ccccc1OC. The highest BCUT2D eigenvalue weighted by Gasteiger charge is 2.03. The van der Waals surface area contributed by atoms with E-state index in [0.717, 1.165) is 11.3 Å². The van der Waals surface area contributed by atoms with Gasteiger partial charge in [-0.3, -0.25) is 4.79 Å². The molecule has 0 unspecified atom stereocenters. The molecule has 90 valence electrons. The fourth-order valence-corrected chi connectivity index (χ4v) is 1.28. The minimum atomic E-state index is 0.0518. The first-order chi connectivity index (χ1) is 7.77. The first kappa shape index (κ1) is 14.5. The summed E-state index contributed by atoms with van der Waals surface area (Å²) >= 11 is 0. The van der Waals surface area contributed by atoms with Gasteiger partial charge in [0.1, 0.15) is 5.75 Å².